The minimum absolute atomic E-state index is 0.184. The van der Waals surface area contributed by atoms with E-state index in [2.05, 4.69) is 9.72 Å². The molecule has 6 nitrogen and oxygen atoms in total. The van der Waals surface area contributed by atoms with Gasteiger partial charge in [0.15, 0.2) is 0 Å². The van der Waals surface area contributed by atoms with E-state index in [9.17, 15) is 19.8 Å². The Kier molecular flexibility index (Phi) is 3.98. The number of carbonyl (C=O) groups excluding carboxylic acids is 1. The first kappa shape index (κ1) is 13.7. The number of aliphatic hydroxyl groups is 2. The van der Waals surface area contributed by atoms with Crippen LogP contribution < -0.4 is 4.87 Å². The number of rotatable bonds is 4. The third kappa shape index (κ3) is 3.01. The van der Waals surface area contributed by atoms with Crippen molar-refractivity contribution in [3.05, 3.63) is 33.4 Å². The Hall–Kier alpha value is -1.70. The van der Waals surface area contributed by atoms with Crippen LogP contribution in [0.5, 0.6) is 0 Å². The molecule has 2 rings (SSSR count). The number of esters is 1. The average Bonchev–Trinajstić information content (AvgIpc) is 2.76. The summed E-state index contributed by atoms with van der Waals surface area (Å²) in [6.45, 7) is 0. The molecule has 0 amide bonds. The molecular weight excluding hydrogens is 270 g/mol. The molecule has 3 N–H and O–H groups in total. The molecule has 0 saturated heterocycles. The summed E-state index contributed by atoms with van der Waals surface area (Å²) in [4.78, 5) is 24.7. The van der Waals surface area contributed by atoms with E-state index in [1.807, 2.05) is 0 Å². The summed E-state index contributed by atoms with van der Waals surface area (Å²) in [7, 11) is 1.21. The summed E-state index contributed by atoms with van der Waals surface area (Å²) in [5.41, 5.74) is 1.12. The van der Waals surface area contributed by atoms with Crippen LogP contribution in [0.3, 0.4) is 0 Å². The van der Waals surface area contributed by atoms with Gasteiger partial charge in [0.2, 0.25) is 0 Å². The monoisotopic (exact) mass is 283 g/mol. The van der Waals surface area contributed by atoms with Gasteiger partial charge in [-0.25, -0.2) is 0 Å². The molecule has 0 fully saturated rings. The fourth-order valence-corrected chi connectivity index (χ4v) is 2.52. The average molecular weight is 283 g/mol. The van der Waals surface area contributed by atoms with Crippen molar-refractivity contribution in [1.29, 1.82) is 0 Å². The Morgan fingerprint density at radius 1 is 1.47 bits per heavy atom. The number of nitrogens with one attached hydrogen (secondary N) is 1. The van der Waals surface area contributed by atoms with E-state index in [1.54, 1.807) is 18.2 Å². The number of hydrogen-bond donors (Lipinski definition) is 3. The zero-order valence-electron chi connectivity index (χ0n) is 10.1. The van der Waals surface area contributed by atoms with Crippen LogP contribution in [0.4, 0.5) is 0 Å². The number of aliphatic hydroxyl groups excluding tert-OH is 2. The van der Waals surface area contributed by atoms with Crippen LogP contribution >= 0.6 is 11.3 Å². The first-order valence-electron chi connectivity index (χ1n) is 5.57. The SMILES string of the molecule is COC(=O)CC(O)C(O)c1ccc2[nH]c(=O)sc2c1. The van der Waals surface area contributed by atoms with Gasteiger partial charge in [-0.2, -0.15) is 0 Å². The summed E-state index contributed by atoms with van der Waals surface area (Å²) < 4.78 is 5.11. The van der Waals surface area contributed by atoms with Gasteiger partial charge in [0.05, 0.1) is 29.9 Å². The first-order valence-corrected chi connectivity index (χ1v) is 6.38. The smallest absolute Gasteiger partial charge is 0.308 e. The molecule has 2 unspecified atom stereocenters. The van der Waals surface area contributed by atoms with Crippen molar-refractivity contribution in [1.82, 2.24) is 4.98 Å². The van der Waals surface area contributed by atoms with Gasteiger partial charge < -0.3 is 19.9 Å². The van der Waals surface area contributed by atoms with Crippen LogP contribution in [0.2, 0.25) is 0 Å². The van der Waals surface area contributed by atoms with Crippen molar-refractivity contribution in [2.24, 2.45) is 0 Å². The molecule has 0 saturated carbocycles. The summed E-state index contributed by atoms with van der Waals surface area (Å²) in [5.74, 6) is -0.598. The summed E-state index contributed by atoms with van der Waals surface area (Å²) in [6, 6.07) is 4.86. The second-order valence-corrected chi connectivity index (χ2v) is 5.08. The normalized spacial score (nSPS) is 14.3. The molecule has 0 bridgehead atoms. The zero-order valence-corrected chi connectivity index (χ0v) is 10.9. The quantitative estimate of drug-likeness (QED) is 0.711. The minimum atomic E-state index is -1.25. The fourth-order valence-electron chi connectivity index (χ4n) is 1.73. The lowest BCUT2D eigenvalue weighted by Crippen LogP contribution is -2.22. The highest BCUT2D eigenvalue weighted by Crippen LogP contribution is 2.24. The van der Waals surface area contributed by atoms with E-state index < -0.39 is 18.2 Å². The summed E-state index contributed by atoms with van der Waals surface area (Å²) in [6.07, 6.45) is -2.75. The second kappa shape index (κ2) is 5.52. The van der Waals surface area contributed by atoms with Crippen LogP contribution in [0, 0.1) is 0 Å². The van der Waals surface area contributed by atoms with Gasteiger partial charge in [0.25, 0.3) is 0 Å². The molecule has 0 spiro atoms. The highest BCUT2D eigenvalue weighted by atomic mass is 32.1. The molecule has 7 heteroatoms. The number of aromatic nitrogens is 1. The van der Waals surface area contributed by atoms with Crippen LogP contribution in [0.1, 0.15) is 18.1 Å². The molecule has 1 aromatic carbocycles. The van der Waals surface area contributed by atoms with E-state index >= 15 is 0 Å². The molecule has 0 radical (unpaired) electrons. The molecule has 0 aliphatic carbocycles. The third-order valence-corrected chi connectivity index (χ3v) is 3.60. The summed E-state index contributed by atoms with van der Waals surface area (Å²) >= 11 is 1.02. The molecule has 2 aromatic rings. The number of hydrogen-bond acceptors (Lipinski definition) is 6. The molecule has 2 atom stereocenters. The van der Waals surface area contributed by atoms with Crippen LogP contribution in [0.25, 0.3) is 10.2 Å². The molecular formula is C12H13NO5S. The molecule has 102 valence electrons. The fraction of sp³-hybridized carbons (Fsp3) is 0.333. The number of thiazole rings is 1. The van der Waals surface area contributed by atoms with Crippen LogP contribution in [-0.2, 0) is 9.53 Å². The van der Waals surface area contributed by atoms with Crippen molar-refractivity contribution in [3.63, 3.8) is 0 Å². The molecule has 1 heterocycles. The van der Waals surface area contributed by atoms with E-state index in [1.165, 1.54) is 7.11 Å². The van der Waals surface area contributed by atoms with Crippen LogP contribution in [0.15, 0.2) is 23.0 Å². The lowest BCUT2D eigenvalue weighted by molar-refractivity contribution is -0.144. The van der Waals surface area contributed by atoms with E-state index in [0.29, 0.717) is 15.8 Å². The lowest BCUT2D eigenvalue weighted by Gasteiger charge is -2.17. The van der Waals surface area contributed by atoms with Crippen molar-refractivity contribution >= 4 is 27.5 Å². The number of methoxy groups -OCH3 is 1. The number of carbonyl (C=O) groups is 1. The number of ether oxygens (including phenoxy) is 1. The van der Waals surface area contributed by atoms with Crippen molar-refractivity contribution < 1.29 is 19.7 Å². The van der Waals surface area contributed by atoms with E-state index in [0.717, 1.165) is 11.3 Å². The van der Waals surface area contributed by atoms with Gasteiger partial charge in [0.1, 0.15) is 6.10 Å². The minimum Gasteiger partial charge on any atom is -0.469 e. The van der Waals surface area contributed by atoms with Gasteiger partial charge in [0, 0.05) is 0 Å². The number of benzene rings is 1. The van der Waals surface area contributed by atoms with Crippen molar-refractivity contribution in [2.75, 3.05) is 7.11 Å². The van der Waals surface area contributed by atoms with Gasteiger partial charge in [-0.3, -0.25) is 9.59 Å². The highest BCUT2D eigenvalue weighted by molar-refractivity contribution is 7.16. The van der Waals surface area contributed by atoms with E-state index in [4.69, 9.17) is 0 Å². The van der Waals surface area contributed by atoms with Gasteiger partial charge in [-0.1, -0.05) is 17.4 Å². The molecule has 0 aliphatic heterocycles. The van der Waals surface area contributed by atoms with Crippen molar-refractivity contribution in [3.8, 4) is 0 Å². The van der Waals surface area contributed by atoms with Gasteiger partial charge >= 0.3 is 10.8 Å². The van der Waals surface area contributed by atoms with Gasteiger partial charge in [-0.05, 0) is 17.7 Å². The number of fused-ring (bicyclic) bond motifs is 1. The predicted octanol–water partition coefficient (Wildman–Crippen LogP) is 0.547. The Labute approximate surface area is 112 Å². The highest BCUT2D eigenvalue weighted by Gasteiger charge is 2.22. The number of H-pyrrole nitrogens is 1. The molecule has 19 heavy (non-hydrogen) atoms. The second-order valence-electron chi connectivity index (χ2n) is 4.06. The predicted molar refractivity (Wildman–Crippen MR) is 70.0 cm³/mol. The first-order chi connectivity index (χ1) is 9.01. The topological polar surface area (TPSA) is 99.6 Å². The van der Waals surface area contributed by atoms with E-state index in [-0.39, 0.29) is 11.3 Å². The van der Waals surface area contributed by atoms with Crippen molar-refractivity contribution in [2.45, 2.75) is 18.6 Å². The van der Waals surface area contributed by atoms with Gasteiger partial charge in [-0.15, -0.1) is 0 Å². The molecule has 1 aromatic heterocycles. The lowest BCUT2D eigenvalue weighted by atomic mass is 10.0. The standard InChI is InChI=1S/C12H13NO5S/c1-18-10(15)5-8(14)11(16)6-2-3-7-9(4-6)19-12(17)13-7/h2-4,8,11,14,16H,5H2,1H3,(H,13,17). The Bertz CT molecular complexity index is 647. The Morgan fingerprint density at radius 3 is 2.89 bits per heavy atom. The Balaban J connectivity index is 2.22. The largest absolute Gasteiger partial charge is 0.469 e. The number of aromatic amines is 1. The summed E-state index contributed by atoms with van der Waals surface area (Å²) in [5, 5.41) is 19.7. The maximum Gasteiger partial charge on any atom is 0.308 e. The molecule has 0 aliphatic rings. The third-order valence-electron chi connectivity index (χ3n) is 2.75. The Morgan fingerprint density at radius 2 is 2.21 bits per heavy atom. The maximum atomic E-state index is 11.2. The van der Waals surface area contributed by atoms with Crippen LogP contribution in [-0.4, -0.2) is 34.4 Å². The zero-order chi connectivity index (χ0) is 14.0. The maximum absolute atomic E-state index is 11.2.